The third-order valence-electron chi connectivity index (χ3n) is 4.31. The minimum absolute atomic E-state index is 0.149. The van der Waals surface area contributed by atoms with Crippen LogP contribution in [0, 0.1) is 10.1 Å². The number of nitro benzene ring substituents is 1. The number of hydrogen-bond donors (Lipinski definition) is 0. The molecule has 4 aromatic rings. The Kier molecular flexibility index (Phi) is 4.88. The van der Waals surface area contributed by atoms with Crippen LogP contribution in [0.1, 0.15) is 16.1 Å². The Bertz CT molecular complexity index is 1240. The lowest BCUT2D eigenvalue weighted by molar-refractivity contribution is -0.385. The molecule has 0 unspecified atom stereocenters. The number of ketones is 1. The van der Waals surface area contributed by atoms with Crippen LogP contribution in [-0.2, 0) is 0 Å². The molecule has 0 saturated carbocycles. The molecule has 0 aliphatic heterocycles. The van der Waals surface area contributed by atoms with Gasteiger partial charge in [-0.3, -0.25) is 24.3 Å². The van der Waals surface area contributed by atoms with Crippen molar-refractivity contribution in [3.8, 4) is 17.0 Å². The van der Waals surface area contributed by atoms with Crippen LogP contribution in [0.5, 0.6) is 5.75 Å². The monoisotopic (exact) mass is 406 g/mol. The van der Waals surface area contributed by atoms with E-state index in [9.17, 15) is 14.9 Å². The molecule has 144 valence electrons. The fourth-order valence-electron chi connectivity index (χ4n) is 2.92. The molecule has 0 N–H and O–H groups in total. The molecule has 0 bridgehead atoms. The molecule has 3 heterocycles. The highest BCUT2D eigenvalue weighted by Crippen LogP contribution is 2.34. The number of ether oxygens (including phenoxy) is 1. The number of thiazole rings is 1. The van der Waals surface area contributed by atoms with Crippen LogP contribution >= 0.6 is 11.3 Å². The first-order valence-electron chi connectivity index (χ1n) is 8.49. The maximum absolute atomic E-state index is 12.4. The second-order valence-corrected chi connectivity index (χ2v) is 6.85. The average molecular weight is 406 g/mol. The zero-order valence-electron chi connectivity index (χ0n) is 15.2. The number of hydrogen-bond acceptors (Lipinski definition) is 7. The van der Waals surface area contributed by atoms with Gasteiger partial charge in [0.05, 0.1) is 23.4 Å². The van der Waals surface area contributed by atoms with Crippen LogP contribution in [0.4, 0.5) is 5.69 Å². The van der Waals surface area contributed by atoms with E-state index in [0.717, 1.165) is 4.96 Å². The van der Waals surface area contributed by atoms with Crippen molar-refractivity contribution in [2.24, 2.45) is 0 Å². The fraction of sp³-hybridized carbons (Fsp3) is 0.0500. The number of carbonyl (C=O) groups is 1. The van der Waals surface area contributed by atoms with Crippen LogP contribution in [0.25, 0.3) is 22.3 Å². The van der Waals surface area contributed by atoms with Crippen molar-refractivity contribution in [3.63, 3.8) is 0 Å². The van der Waals surface area contributed by atoms with Gasteiger partial charge in [-0.05, 0) is 36.4 Å². The molecule has 3 aromatic heterocycles. The molecule has 0 spiro atoms. The second-order valence-electron chi connectivity index (χ2n) is 5.98. The summed E-state index contributed by atoms with van der Waals surface area (Å²) >= 11 is 1.43. The minimum atomic E-state index is -0.497. The quantitative estimate of drug-likeness (QED) is 0.205. The molecule has 4 rings (SSSR count). The second kappa shape index (κ2) is 7.64. The maximum Gasteiger partial charge on any atom is 0.311 e. The zero-order chi connectivity index (χ0) is 20.4. The molecular formula is C20H14N4O4S. The van der Waals surface area contributed by atoms with Crippen LogP contribution < -0.4 is 4.74 Å². The van der Waals surface area contributed by atoms with Gasteiger partial charge in [-0.2, -0.15) is 0 Å². The van der Waals surface area contributed by atoms with Crippen molar-refractivity contribution < 1.29 is 14.5 Å². The van der Waals surface area contributed by atoms with Crippen LogP contribution in [-0.4, -0.2) is 32.2 Å². The van der Waals surface area contributed by atoms with Crippen molar-refractivity contribution >= 4 is 33.8 Å². The fourth-order valence-corrected chi connectivity index (χ4v) is 3.64. The van der Waals surface area contributed by atoms with Gasteiger partial charge in [-0.1, -0.05) is 0 Å². The summed E-state index contributed by atoms with van der Waals surface area (Å²) in [5, 5.41) is 13.3. The number of pyridine rings is 1. The predicted molar refractivity (Wildman–Crippen MR) is 109 cm³/mol. The lowest BCUT2D eigenvalue weighted by Crippen LogP contribution is -1.96. The Hall–Kier alpha value is -3.85. The molecule has 0 saturated heterocycles. The lowest BCUT2D eigenvalue weighted by Gasteiger charge is -2.04. The number of rotatable bonds is 6. The smallest absolute Gasteiger partial charge is 0.311 e. The van der Waals surface area contributed by atoms with E-state index in [0.29, 0.717) is 22.5 Å². The molecule has 9 heteroatoms. The number of fused-ring (bicyclic) bond motifs is 1. The Labute approximate surface area is 168 Å². The highest BCUT2D eigenvalue weighted by molar-refractivity contribution is 7.15. The normalized spacial score (nSPS) is 11.2. The standard InChI is InChI=1S/C20H14N4O4S/c1-28-18-5-2-14(12-16(18)24(26)27)19-15(23-10-11-29-20(23)22-19)3-4-17(25)13-6-8-21-9-7-13/h2-12H,1H3/b4-3+. The van der Waals surface area contributed by atoms with Gasteiger partial charge in [0, 0.05) is 41.2 Å². The van der Waals surface area contributed by atoms with Gasteiger partial charge in [-0.15, -0.1) is 11.3 Å². The first-order valence-corrected chi connectivity index (χ1v) is 9.37. The molecule has 29 heavy (non-hydrogen) atoms. The van der Waals surface area contributed by atoms with Gasteiger partial charge in [-0.25, -0.2) is 4.98 Å². The Morgan fingerprint density at radius 1 is 1.28 bits per heavy atom. The molecule has 0 amide bonds. The summed E-state index contributed by atoms with van der Waals surface area (Å²) in [6, 6.07) is 7.94. The maximum atomic E-state index is 12.4. The largest absolute Gasteiger partial charge is 0.490 e. The van der Waals surface area contributed by atoms with Crippen molar-refractivity contribution in [1.82, 2.24) is 14.4 Å². The van der Waals surface area contributed by atoms with E-state index in [1.807, 2.05) is 16.0 Å². The lowest BCUT2D eigenvalue weighted by atomic mass is 10.1. The number of nitrogens with zero attached hydrogens (tertiary/aromatic N) is 4. The van der Waals surface area contributed by atoms with Gasteiger partial charge >= 0.3 is 5.69 Å². The molecular weight excluding hydrogens is 392 g/mol. The number of allylic oxidation sites excluding steroid dienone is 1. The van der Waals surface area contributed by atoms with E-state index in [2.05, 4.69) is 9.97 Å². The van der Waals surface area contributed by atoms with Gasteiger partial charge in [0.15, 0.2) is 16.5 Å². The van der Waals surface area contributed by atoms with Crippen molar-refractivity contribution in [3.05, 3.63) is 81.8 Å². The average Bonchev–Trinajstić information content (AvgIpc) is 3.33. The molecule has 0 atom stereocenters. The zero-order valence-corrected chi connectivity index (χ0v) is 16.0. The summed E-state index contributed by atoms with van der Waals surface area (Å²) in [7, 11) is 1.38. The highest BCUT2D eigenvalue weighted by Gasteiger charge is 2.20. The van der Waals surface area contributed by atoms with E-state index < -0.39 is 4.92 Å². The summed E-state index contributed by atoms with van der Waals surface area (Å²) in [6.07, 6.45) is 8.07. The predicted octanol–water partition coefficient (Wildman–Crippen LogP) is 4.27. The Balaban J connectivity index is 1.80. The molecule has 8 nitrogen and oxygen atoms in total. The Morgan fingerprint density at radius 2 is 2.07 bits per heavy atom. The first-order chi connectivity index (χ1) is 14.1. The Morgan fingerprint density at radius 3 is 2.79 bits per heavy atom. The highest BCUT2D eigenvalue weighted by atomic mass is 32.1. The first kappa shape index (κ1) is 18.5. The third kappa shape index (κ3) is 3.50. The van der Waals surface area contributed by atoms with Gasteiger partial charge in [0.2, 0.25) is 0 Å². The van der Waals surface area contributed by atoms with E-state index >= 15 is 0 Å². The van der Waals surface area contributed by atoms with Crippen molar-refractivity contribution in [2.45, 2.75) is 0 Å². The van der Waals surface area contributed by atoms with E-state index in [-0.39, 0.29) is 17.2 Å². The van der Waals surface area contributed by atoms with Crippen LogP contribution in [0.2, 0.25) is 0 Å². The van der Waals surface area contributed by atoms with Crippen LogP contribution in [0.3, 0.4) is 0 Å². The molecule has 0 aliphatic rings. The molecule has 0 aliphatic carbocycles. The van der Waals surface area contributed by atoms with Gasteiger partial charge < -0.3 is 4.74 Å². The number of carbonyl (C=O) groups excluding carboxylic acids is 1. The summed E-state index contributed by atoms with van der Waals surface area (Å²) in [5.74, 6) is -0.00558. The number of aromatic nitrogens is 3. The van der Waals surface area contributed by atoms with Crippen LogP contribution in [0.15, 0.2) is 60.4 Å². The molecule has 0 radical (unpaired) electrons. The van der Waals surface area contributed by atoms with Crippen molar-refractivity contribution in [1.29, 1.82) is 0 Å². The number of imidazole rings is 1. The van der Waals surface area contributed by atoms with Gasteiger partial charge in [0.25, 0.3) is 0 Å². The van der Waals surface area contributed by atoms with E-state index in [4.69, 9.17) is 4.74 Å². The molecule has 0 fully saturated rings. The summed E-state index contributed by atoms with van der Waals surface area (Å²) < 4.78 is 6.91. The minimum Gasteiger partial charge on any atom is -0.490 e. The van der Waals surface area contributed by atoms with Crippen molar-refractivity contribution in [2.75, 3.05) is 7.11 Å². The third-order valence-corrected chi connectivity index (χ3v) is 5.06. The van der Waals surface area contributed by atoms with Gasteiger partial charge in [0.1, 0.15) is 0 Å². The summed E-state index contributed by atoms with van der Waals surface area (Å²) in [6.45, 7) is 0. The summed E-state index contributed by atoms with van der Waals surface area (Å²) in [5.41, 5.74) is 2.13. The molecule has 1 aromatic carbocycles. The van der Waals surface area contributed by atoms with E-state index in [1.165, 1.54) is 36.7 Å². The summed E-state index contributed by atoms with van der Waals surface area (Å²) in [4.78, 5) is 32.5. The number of methoxy groups -OCH3 is 1. The number of nitro groups is 1. The topological polar surface area (TPSA) is 99.6 Å². The number of benzene rings is 1. The van der Waals surface area contributed by atoms with E-state index in [1.54, 1.807) is 36.7 Å². The SMILES string of the molecule is COc1ccc(-c2nc3sccn3c2/C=C/C(=O)c2ccncc2)cc1[N+](=O)[O-].